The van der Waals surface area contributed by atoms with Crippen LogP contribution < -0.4 is 5.32 Å². The predicted octanol–water partition coefficient (Wildman–Crippen LogP) is 4.85. The number of ketones is 1. The fourth-order valence-electron chi connectivity index (χ4n) is 3.40. The second-order valence-corrected chi connectivity index (χ2v) is 9.50. The van der Waals surface area contributed by atoms with Gasteiger partial charge in [-0.15, -0.1) is 21.5 Å². The summed E-state index contributed by atoms with van der Waals surface area (Å²) in [5.74, 6) is 0.0646. The summed E-state index contributed by atoms with van der Waals surface area (Å²) in [6, 6.07) is 18.4. The molecule has 0 fully saturated rings. The van der Waals surface area contributed by atoms with E-state index in [9.17, 15) is 14.0 Å². The summed E-state index contributed by atoms with van der Waals surface area (Å²) in [5.41, 5.74) is 1.87. The van der Waals surface area contributed by atoms with Crippen LogP contribution >= 0.6 is 23.1 Å². The molecule has 0 saturated heterocycles. The van der Waals surface area contributed by atoms with Crippen molar-refractivity contribution in [2.75, 3.05) is 12.3 Å². The van der Waals surface area contributed by atoms with Crippen molar-refractivity contribution < 1.29 is 14.0 Å². The number of Topliss-reactive ketones (excluding diaryl/α,β-unsaturated/α-hetero) is 1. The quantitative estimate of drug-likeness (QED) is 0.252. The molecule has 0 aliphatic carbocycles. The summed E-state index contributed by atoms with van der Waals surface area (Å²) in [5, 5.41) is 14.0. The first-order valence-corrected chi connectivity index (χ1v) is 12.6. The fraction of sp³-hybridized carbons (Fsp3) is 0.200. The van der Waals surface area contributed by atoms with Crippen molar-refractivity contribution in [2.24, 2.45) is 0 Å². The molecule has 174 valence electrons. The molecule has 6 nitrogen and oxygen atoms in total. The van der Waals surface area contributed by atoms with E-state index in [1.807, 2.05) is 52.4 Å². The maximum absolute atomic E-state index is 14.5. The highest BCUT2D eigenvalue weighted by Gasteiger charge is 2.18. The van der Waals surface area contributed by atoms with E-state index in [-0.39, 0.29) is 17.4 Å². The zero-order valence-corrected chi connectivity index (χ0v) is 20.2. The third kappa shape index (κ3) is 5.98. The van der Waals surface area contributed by atoms with Gasteiger partial charge in [0.15, 0.2) is 16.8 Å². The van der Waals surface area contributed by atoms with Gasteiger partial charge in [-0.1, -0.05) is 60.3 Å². The molecular formula is C25H23FN4O2S2. The van der Waals surface area contributed by atoms with Gasteiger partial charge in [0.05, 0.1) is 17.2 Å². The van der Waals surface area contributed by atoms with Crippen LogP contribution in [-0.4, -0.2) is 38.8 Å². The van der Waals surface area contributed by atoms with Crippen molar-refractivity contribution in [3.05, 3.63) is 88.6 Å². The topological polar surface area (TPSA) is 76.9 Å². The lowest BCUT2D eigenvalue weighted by Gasteiger charge is -2.10. The maximum Gasteiger partial charge on any atom is 0.216 e. The maximum atomic E-state index is 14.5. The third-order valence-electron chi connectivity index (χ3n) is 5.12. The number of thioether (sulfide) groups is 1. The molecule has 0 aliphatic rings. The standard InChI is InChI=1S/C25H23FN4O2S2/c1-17(31)27-12-11-19-9-10-20(14-21(19)26)22(32)16-34-25-29-28-24(23-8-5-13-33-23)30(25)15-18-6-3-2-4-7-18/h2-10,13-14H,11-12,15-16H2,1H3,(H,27,31). The van der Waals surface area contributed by atoms with Crippen LogP contribution in [0, 0.1) is 5.82 Å². The zero-order valence-electron chi connectivity index (χ0n) is 18.5. The monoisotopic (exact) mass is 494 g/mol. The number of hydrogen-bond donors (Lipinski definition) is 1. The molecule has 2 heterocycles. The summed E-state index contributed by atoms with van der Waals surface area (Å²) in [6.07, 6.45) is 0.364. The summed E-state index contributed by atoms with van der Waals surface area (Å²) in [6.45, 7) is 2.34. The molecule has 0 spiro atoms. The smallest absolute Gasteiger partial charge is 0.216 e. The van der Waals surface area contributed by atoms with E-state index in [1.54, 1.807) is 23.5 Å². The molecule has 0 bridgehead atoms. The Bertz CT molecular complexity index is 1270. The van der Waals surface area contributed by atoms with Crippen LogP contribution in [0.4, 0.5) is 4.39 Å². The van der Waals surface area contributed by atoms with E-state index in [4.69, 9.17) is 0 Å². The van der Waals surface area contributed by atoms with Crippen molar-refractivity contribution in [1.29, 1.82) is 0 Å². The molecule has 9 heteroatoms. The average Bonchev–Trinajstić information content (AvgIpc) is 3.49. The molecule has 34 heavy (non-hydrogen) atoms. The number of carbonyl (C=O) groups excluding carboxylic acids is 2. The fourth-order valence-corrected chi connectivity index (χ4v) is 4.95. The minimum atomic E-state index is -0.451. The largest absolute Gasteiger partial charge is 0.356 e. The number of benzene rings is 2. The van der Waals surface area contributed by atoms with Crippen LogP contribution in [0.3, 0.4) is 0 Å². The normalized spacial score (nSPS) is 10.9. The predicted molar refractivity (Wildman–Crippen MR) is 133 cm³/mol. The highest BCUT2D eigenvalue weighted by Crippen LogP contribution is 2.28. The first kappa shape index (κ1) is 23.8. The second-order valence-electron chi connectivity index (χ2n) is 7.61. The van der Waals surface area contributed by atoms with Crippen LogP contribution in [0.1, 0.15) is 28.4 Å². The molecule has 2 aromatic carbocycles. The van der Waals surface area contributed by atoms with Gasteiger partial charge in [-0.3, -0.25) is 14.2 Å². The Morgan fingerprint density at radius 2 is 1.91 bits per heavy atom. The minimum absolute atomic E-state index is 0.113. The zero-order chi connectivity index (χ0) is 23.9. The average molecular weight is 495 g/mol. The van der Waals surface area contributed by atoms with Crippen molar-refractivity contribution in [3.63, 3.8) is 0 Å². The summed E-state index contributed by atoms with van der Waals surface area (Å²) in [7, 11) is 0. The Labute approximate surface area is 205 Å². The number of rotatable bonds is 10. The van der Waals surface area contributed by atoms with Gasteiger partial charge in [0, 0.05) is 19.0 Å². The molecule has 0 unspecified atom stereocenters. The molecule has 2 aromatic heterocycles. The highest BCUT2D eigenvalue weighted by atomic mass is 32.2. The molecule has 0 saturated carbocycles. The molecule has 4 rings (SSSR count). The lowest BCUT2D eigenvalue weighted by molar-refractivity contribution is -0.118. The van der Waals surface area contributed by atoms with Crippen LogP contribution in [0.15, 0.2) is 71.2 Å². The van der Waals surface area contributed by atoms with E-state index < -0.39 is 5.82 Å². The van der Waals surface area contributed by atoms with E-state index in [0.717, 1.165) is 16.3 Å². The number of nitrogens with zero attached hydrogens (tertiary/aromatic N) is 3. The Balaban J connectivity index is 1.47. The first-order valence-electron chi connectivity index (χ1n) is 10.7. The van der Waals surface area contributed by atoms with Gasteiger partial charge in [-0.25, -0.2) is 4.39 Å². The summed E-state index contributed by atoms with van der Waals surface area (Å²) in [4.78, 5) is 24.8. The highest BCUT2D eigenvalue weighted by molar-refractivity contribution is 7.99. The minimum Gasteiger partial charge on any atom is -0.356 e. The number of carbonyl (C=O) groups is 2. The SMILES string of the molecule is CC(=O)NCCc1ccc(C(=O)CSc2nnc(-c3cccs3)n2Cc2ccccc2)cc1F. The number of nitrogens with one attached hydrogen (secondary N) is 1. The Morgan fingerprint density at radius 3 is 2.62 bits per heavy atom. The van der Waals surface area contributed by atoms with Crippen molar-refractivity contribution in [1.82, 2.24) is 20.1 Å². The molecule has 0 radical (unpaired) electrons. The number of amides is 1. The number of halogens is 1. The molecule has 1 amide bonds. The van der Waals surface area contributed by atoms with Gasteiger partial charge < -0.3 is 5.32 Å². The molecule has 1 N–H and O–H groups in total. The van der Waals surface area contributed by atoms with E-state index >= 15 is 0 Å². The van der Waals surface area contributed by atoms with E-state index in [1.165, 1.54) is 24.8 Å². The molecular weight excluding hydrogens is 471 g/mol. The number of hydrogen-bond acceptors (Lipinski definition) is 6. The number of aromatic nitrogens is 3. The van der Waals surface area contributed by atoms with Crippen molar-refractivity contribution >= 4 is 34.8 Å². The number of thiophene rings is 1. The molecule has 0 aliphatic heterocycles. The summed E-state index contributed by atoms with van der Waals surface area (Å²) < 4.78 is 16.5. The third-order valence-corrected chi connectivity index (χ3v) is 6.95. The van der Waals surface area contributed by atoms with Gasteiger partial charge in [0.2, 0.25) is 5.91 Å². The van der Waals surface area contributed by atoms with Gasteiger partial charge in [0.25, 0.3) is 0 Å². The Kier molecular flexibility index (Phi) is 7.87. The van der Waals surface area contributed by atoms with Gasteiger partial charge >= 0.3 is 0 Å². The Morgan fingerprint density at radius 1 is 1.09 bits per heavy atom. The Hall–Kier alpha value is -3.30. The summed E-state index contributed by atoms with van der Waals surface area (Å²) >= 11 is 2.87. The van der Waals surface area contributed by atoms with Gasteiger partial charge in [0.1, 0.15) is 5.82 Å². The second kappa shape index (κ2) is 11.2. The van der Waals surface area contributed by atoms with Crippen LogP contribution in [0.5, 0.6) is 0 Å². The van der Waals surface area contributed by atoms with Gasteiger partial charge in [-0.05, 0) is 35.1 Å². The first-order chi connectivity index (χ1) is 16.5. The van der Waals surface area contributed by atoms with Crippen molar-refractivity contribution in [3.8, 4) is 10.7 Å². The lowest BCUT2D eigenvalue weighted by Crippen LogP contribution is -2.22. The van der Waals surface area contributed by atoms with Crippen molar-refractivity contribution in [2.45, 2.75) is 25.0 Å². The molecule has 0 atom stereocenters. The van der Waals surface area contributed by atoms with Gasteiger partial charge in [-0.2, -0.15) is 0 Å². The van der Waals surface area contributed by atoms with Crippen LogP contribution in [0.25, 0.3) is 10.7 Å². The van der Waals surface area contributed by atoms with E-state index in [0.29, 0.717) is 35.8 Å². The molecule has 4 aromatic rings. The van der Waals surface area contributed by atoms with Crippen LogP contribution in [-0.2, 0) is 17.8 Å². The van der Waals surface area contributed by atoms with E-state index in [2.05, 4.69) is 15.5 Å². The lowest BCUT2D eigenvalue weighted by atomic mass is 10.1. The van der Waals surface area contributed by atoms with Crippen LogP contribution in [0.2, 0.25) is 0 Å².